The molecule has 23 heavy (non-hydrogen) atoms. The van der Waals surface area contributed by atoms with Crippen LogP contribution in [-0.2, 0) is 9.63 Å². The van der Waals surface area contributed by atoms with Crippen LogP contribution in [0.2, 0.25) is 0 Å². The molecule has 1 fully saturated rings. The molecular formula is C15H20N6O2. The van der Waals surface area contributed by atoms with E-state index in [1.165, 1.54) is 12.4 Å². The zero-order valence-corrected chi connectivity index (χ0v) is 13.2. The molecule has 0 radical (unpaired) electrons. The van der Waals surface area contributed by atoms with E-state index in [1.807, 2.05) is 28.7 Å². The van der Waals surface area contributed by atoms with Gasteiger partial charge in [0.15, 0.2) is 0 Å². The number of nitriles is 1. The van der Waals surface area contributed by atoms with Gasteiger partial charge in [-0.2, -0.15) is 5.26 Å². The van der Waals surface area contributed by atoms with E-state index in [1.54, 1.807) is 0 Å². The summed E-state index contributed by atoms with van der Waals surface area (Å²) >= 11 is 0. The first-order chi connectivity index (χ1) is 11.3. The number of rotatable bonds is 7. The van der Waals surface area contributed by atoms with Crippen LogP contribution in [-0.4, -0.2) is 60.1 Å². The molecular weight excluding hydrogens is 296 g/mol. The summed E-state index contributed by atoms with van der Waals surface area (Å²) in [7, 11) is 0. The van der Waals surface area contributed by atoms with Crippen molar-refractivity contribution in [2.24, 2.45) is 0 Å². The Hall–Kier alpha value is -2.46. The molecule has 0 spiro atoms. The molecule has 0 aliphatic carbocycles. The third-order valence-electron chi connectivity index (χ3n) is 3.49. The molecule has 0 saturated carbocycles. The Morgan fingerprint density at radius 3 is 2.61 bits per heavy atom. The summed E-state index contributed by atoms with van der Waals surface area (Å²) in [6, 6.07) is 2.00. The molecule has 122 valence electrons. The lowest BCUT2D eigenvalue weighted by molar-refractivity contribution is 0.0460. The molecule has 1 N–H and O–H groups in total. The van der Waals surface area contributed by atoms with Gasteiger partial charge in [0, 0.05) is 32.7 Å². The molecule has 0 amide bonds. The van der Waals surface area contributed by atoms with Gasteiger partial charge in [-0.15, -0.1) is 0 Å². The minimum Gasteiger partial charge on any atom is -0.360 e. The van der Waals surface area contributed by atoms with Crippen molar-refractivity contribution < 1.29 is 9.63 Å². The molecule has 0 unspecified atom stereocenters. The number of hydrogen-bond donors (Lipinski definition) is 1. The zero-order valence-electron chi connectivity index (χ0n) is 13.2. The summed E-state index contributed by atoms with van der Waals surface area (Å²) in [4.78, 5) is 28.7. The SMILES string of the molecule is CCCNOCC(=C=O)N1CCN(c2ncc(C#N)cn2)CC1. The second kappa shape index (κ2) is 8.86. The van der Waals surface area contributed by atoms with Crippen molar-refractivity contribution in [1.82, 2.24) is 20.3 Å². The molecule has 1 aliphatic heterocycles. The average Bonchev–Trinajstić information content (AvgIpc) is 2.62. The highest BCUT2D eigenvalue weighted by atomic mass is 16.6. The summed E-state index contributed by atoms with van der Waals surface area (Å²) < 4.78 is 0. The fraction of sp³-hybridized carbons (Fsp3) is 0.533. The molecule has 1 aromatic heterocycles. The Labute approximate surface area is 135 Å². The maximum Gasteiger partial charge on any atom is 0.225 e. The van der Waals surface area contributed by atoms with Crippen LogP contribution in [0.1, 0.15) is 18.9 Å². The summed E-state index contributed by atoms with van der Waals surface area (Å²) in [5, 5.41) is 8.76. The van der Waals surface area contributed by atoms with Crippen LogP contribution in [0, 0.1) is 11.3 Å². The fourth-order valence-electron chi connectivity index (χ4n) is 2.20. The molecule has 2 rings (SSSR count). The van der Waals surface area contributed by atoms with Gasteiger partial charge in [-0.25, -0.2) is 20.2 Å². The van der Waals surface area contributed by atoms with Crippen molar-refractivity contribution in [3.63, 3.8) is 0 Å². The van der Waals surface area contributed by atoms with E-state index in [0.717, 1.165) is 13.0 Å². The second-order valence-corrected chi connectivity index (χ2v) is 5.09. The lowest BCUT2D eigenvalue weighted by Crippen LogP contribution is -2.47. The lowest BCUT2D eigenvalue weighted by Gasteiger charge is -2.35. The first-order valence-corrected chi connectivity index (χ1v) is 7.59. The Bertz CT molecular complexity index is 583. The normalized spacial score (nSPS) is 14.3. The standard InChI is InChI=1S/C15H20N6O2/c1-2-3-19-23-12-14(11-22)20-4-6-21(7-5-20)15-17-9-13(8-16)10-18-15/h9-10,19H,2-7,12H2,1H3. The van der Waals surface area contributed by atoms with Gasteiger partial charge in [0.25, 0.3) is 0 Å². The van der Waals surface area contributed by atoms with Crippen molar-refractivity contribution in [1.29, 1.82) is 5.26 Å². The predicted molar refractivity (Wildman–Crippen MR) is 84.0 cm³/mol. The molecule has 0 bridgehead atoms. The molecule has 2 heterocycles. The monoisotopic (exact) mass is 316 g/mol. The highest BCUT2D eigenvalue weighted by Gasteiger charge is 2.21. The number of aromatic nitrogens is 2. The first kappa shape index (κ1) is 16.9. The van der Waals surface area contributed by atoms with Gasteiger partial charge in [-0.3, -0.25) is 4.84 Å². The van der Waals surface area contributed by atoms with Crippen molar-refractivity contribution >= 4 is 11.9 Å². The van der Waals surface area contributed by atoms with Crippen molar-refractivity contribution in [3.8, 4) is 6.07 Å². The topological polar surface area (TPSA) is 94.4 Å². The third-order valence-corrected chi connectivity index (χ3v) is 3.49. The summed E-state index contributed by atoms with van der Waals surface area (Å²) in [5.74, 6) is 2.56. The quantitative estimate of drug-likeness (QED) is 0.430. The number of hydroxylamine groups is 1. The Morgan fingerprint density at radius 1 is 1.35 bits per heavy atom. The minimum atomic E-state index is 0.205. The van der Waals surface area contributed by atoms with Gasteiger partial charge in [-0.05, 0) is 6.42 Å². The number of carbonyl (C=O) groups excluding carboxylic acids is 1. The Balaban J connectivity index is 1.84. The van der Waals surface area contributed by atoms with Crippen LogP contribution >= 0.6 is 0 Å². The van der Waals surface area contributed by atoms with E-state index in [2.05, 4.69) is 15.4 Å². The van der Waals surface area contributed by atoms with Gasteiger partial charge in [0.05, 0.1) is 18.0 Å². The van der Waals surface area contributed by atoms with Crippen LogP contribution in [0.15, 0.2) is 18.1 Å². The molecule has 8 heteroatoms. The molecule has 8 nitrogen and oxygen atoms in total. The van der Waals surface area contributed by atoms with Crippen molar-refractivity contribution in [3.05, 3.63) is 23.7 Å². The zero-order chi connectivity index (χ0) is 16.5. The first-order valence-electron chi connectivity index (χ1n) is 7.59. The van der Waals surface area contributed by atoms with E-state index in [4.69, 9.17) is 10.1 Å². The van der Waals surface area contributed by atoms with Crippen molar-refractivity contribution in [2.45, 2.75) is 13.3 Å². The number of anilines is 1. The van der Waals surface area contributed by atoms with Gasteiger partial charge < -0.3 is 9.80 Å². The van der Waals surface area contributed by atoms with Crippen LogP contribution in [0.25, 0.3) is 0 Å². The van der Waals surface area contributed by atoms with Crippen LogP contribution in [0.5, 0.6) is 0 Å². The third kappa shape index (κ3) is 4.76. The summed E-state index contributed by atoms with van der Waals surface area (Å²) in [6.45, 7) is 5.72. The van der Waals surface area contributed by atoms with E-state index in [-0.39, 0.29) is 6.61 Å². The smallest absolute Gasteiger partial charge is 0.225 e. The van der Waals surface area contributed by atoms with E-state index >= 15 is 0 Å². The van der Waals surface area contributed by atoms with Crippen LogP contribution in [0.4, 0.5) is 5.95 Å². The predicted octanol–water partition coefficient (Wildman–Crippen LogP) is 0.117. The molecule has 1 aromatic rings. The van der Waals surface area contributed by atoms with Gasteiger partial charge in [0.1, 0.15) is 24.3 Å². The molecule has 0 atom stereocenters. The highest BCUT2D eigenvalue weighted by molar-refractivity contribution is 5.52. The number of nitrogens with zero attached hydrogens (tertiary/aromatic N) is 5. The van der Waals surface area contributed by atoms with Gasteiger partial charge in [-0.1, -0.05) is 6.92 Å². The number of nitrogens with one attached hydrogen (secondary N) is 1. The van der Waals surface area contributed by atoms with Gasteiger partial charge in [0.2, 0.25) is 5.95 Å². The van der Waals surface area contributed by atoms with Gasteiger partial charge >= 0.3 is 0 Å². The lowest BCUT2D eigenvalue weighted by atomic mass is 10.3. The maximum absolute atomic E-state index is 11.1. The van der Waals surface area contributed by atoms with Crippen LogP contribution < -0.4 is 10.4 Å². The number of piperazine rings is 1. The van der Waals surface area contributed by atoms with E-state index in [9.17, 15) is 4.79 Å². The molecule has 1 aliphatic rings. The van der Waals surface area contributed by atoms with E-state index < -0.39 is 0 Å². The average molecular weight is 316 g/mol. The Kier molecular flexibility index (Phi) is 6.51. The van der Waals surface area contributed by atoms with Crippen molar-refractivity contribution in [2.75, 3.05) is 44.2 Å². The fourth-order valence-corrected chi connectivity index (χ4v) is 2.20. The van der Waals surface area contributed by atoms with Crippen LogP contribution in [0.3, 0.4) is 0 Å². The maximum atomic E-state index is 11.1. The largest absolute Gasteiger partial charge is 0.360 e. The molecule has 1 saturated heterocycles. The number of hydrogen-bond acceptors (Lipinski definition) is 8. The molecule has 0 aromatic carbocycles. The summed E-state index contributed by atoms with van der Waals surface area (Å²) in [5.41, 5.74) is 3.75. The Morgan fingerprint density at radius 2 is 2.04 bits per heavy atom. The minimum absolute atomic E-state index is 0.205. The summed E-state index contributed by atoms with van der Waals surface area (Å²) in [6.07, 6.45) is 3.99. The second-order valence-electron chi connectivity index (χ2n) is 5.09. The highest BCUT2D eigenvalue weighted by Crippen LogP contribution is 2.13. The van der Waals surface area contributed by atoms with E-state index in [0.29, 0.717) is 43.4 Å².